The molecule has 0 bridgehead atoms. The zero-order valence-corrected chi connectivity index (χ0v) is 10.4. The van der Waals surface area contributed by atoms with Crippen molar-refractivity contribution >= 4 is 23.0 Å². The number of aromatic nitrogens is 1. The summed E-state index contributed by atoms with van der Waals surface area (Å²) in [6.45, 7) is 0. The number of aromatic hydroxyl groups is 1. The van der Waals surface area contributed by atoms with Gasteiger partial charge in [-0.2, -0.15) is 0 Å². The Labute approximate surface area is 113 Å². The number of hydrogen-bond donors (Lipinski definition) is 1. The fourth-order valence-electron chi connectivity index (χ4n) is 1.80. The Morgan fingerprint density at radius 2 is 2.05 bits per heavy atom. The Hall–Kier alpha value is -2.95. The van der Waals surface area contributed by atoms with Crippen LogP contribution in [0.4, 0.5) is 5.82 Å². The van der Waals surface area contributed by atoms with Crippen LogP contribution in [0.25, 0.3) is 11.0 Å². The van der Waals surface area contributed by atoms with Crippen molar-refractivity contribution < 1.29 is 9.52 Å². The minimum atomic E-state index is -0.175. The van der Waals surface area contributed by atoms with Crippen LogP contribution in [0.15, 0.2) is 63.1 Å². The Morgan fingerprint density at radius 3 is 2.90 bits per heavy atom. The summed E-state index contributed by atoms with van der Waals surface area (Å²) in [4.78, 5) is 20.1. The Morgan fingerprint density at radius 1 is 1.20 bits per heavy atom. The summed E-state index contributed by atoms with van der Waals surface area (Å²) in [5.74, 6) is 0.106. The highest BCUT2D eigenvalue weighted by Crippen LogP contribution is 2.21. The molecule has 5 heteroatoms. The lowest BCUT2D eigenvalue weighted by Crippen LogP contribution is -2.07. The topological polar surface area (TPSA) is 75.7 Å². The van der Waals surface area contributed by atoms with Crippen LogP contribution in [-0.2, 0) is 0 Å². The summed E-state index contributed by atoms with van der Waals surface area (Å²) in [5.41, 5.74) is 0.648. The number of aliphatic imine (C=N–C) groups is 1. The van der Waals surface area contributed by atoms with Crippen molar-refractivity contribution in [3.8, 4) is 5.75 Å². The lowest BCUT2D eigenvalue weighted by Gasteiger charge is -1.98. The van der Waals surface area contributed by atoms with Crippen molar-refractivity contribution in [3.05, 3.63) is 64.6 Å². The van der Waals surface area contributed by atoms with E-state index in [0.717, 1.165) is 0 Å². The molecule has 1 aromatic carbocycles. The van der Waals surface area contributed by atoms with Crippen molar-refractivity contribution in [1.82, 2.24) is 4.98 Å². The van der Waals surface area contributed by atoms with E-state index in [1.54, 1.807) is 30.3 Å². The van der Waals surface area contributed by atoms with Gasteiger partial charge in [-0.15, -0.1) is 0 Å². The first kappa shape index (κ1) is 12.1. The second kappa shape index (κ2) is 4.97. The third-order valence-electron chi connectivity index (χ3n) is 2.80. The Balaban J connectivity index is 2.06. The first-order valence-corrected chi connectivity index (χ1v) is 5.94. The molecule has 0 saturated heterocycles. The molecule has 0 fully saturated rings. The van der Waals surface area contributed by atoms with Gasteiger partial charge >= 0.3 is 0 Å². The molecular formula is C15H10N2O3. The fraction of sp³-hybridized carbons (Fsp3) is 0. The first-order chi connectivity index (χ1) is 9.75. The van der Waals surface area contributed by atoms with Gasteiger partial charge in [0.1, 0.15) is 11.8 Å². The molecule has 0 unspecified atom stereocenters. The lowest BCUT2D eigenvalue weighted by atomic mass is 10.2. The van der Waals surface area contributed by atoms with Crippen molar-refractivity contribution in [2.45, 2.75) is 0 Å². The molecule has 0 aliphatic carbocycles. The summed E-state index contributed by atoms with van der Waals surface area (Å²) < 4.78 is 5.37. The largest absolute Gasteiger partial charge is 0.504 e. The average molecular weight is 266 g/mol. The molecule has 5 nitrogen and oxygen atoms in total. The molecule has 98 valence electrons. The van der Waals surface area contributed by atoms with E-state index in [4.69, 9.17) is 4.42 Å². The summed E-state index contributed by atoms with van der Waals surface area (Å²) in [6, 6.07) is 10.1. The number of para-hydroxylation sites is 1. The molecule has 0 radical (unpaired) electrons. The monoisotopic (exact) mass is 266 g/mol. The zero-order chi connectivity index (χ0) is 13.9. The second-order valence-corrected chi connectivity index (χ2v) is 4.12. The molecule has 3 aromatic rings. The average Bonchev–Trinajstić information content (AvgIpc) is 2.48. The maximum absolute atomic E-state index is 12.2. The van der Waals surface area contributed by atoms with Crippen molar-refractivity contribution in [1.29, 1.82) is 0 Å². The Kier molecular flexibility index (Phi) is 3.01. The smallest absolute Gasteiger partial charge is 0.201 e. The van der Waals surface area contributed by atoms with Crippen LogP contribution in [-0.4, -0.2) is 16.3 Å². The van der Waals surface area contributed by atoms with Gasteiger partial charge in [0.2, 0.25) is 5.43 Å². The number of hydrogen-bond acceptors (Lipinski definition) is 5. The number of rotatable bonds is 2. The molecule has 0 aliphatic rings. The van der Waals surface area contributed by atoms with Gasteiger partial charge in [0.15, 0.2) is 11.6 Å². The Bertz CT molecular complexity index is 853. The van der Waals surface area contributed by atoms with Crippen LogP contribution < -0.4 is 5.43 Å². The summed E-state index contributed by atoms with van der Waals surface area (Å²) in [7, 11) is 0. The number of benzene rings is 1. The lowest BCUT2D eigenvalue weighted by molar-refractivity contribution is 0.474. The van der Waals surface area contributed by atoms with Crippen LogP contribution in [0.5, 0.6) is 5.75 Å². The maximum Gasteiger partial charge on any atom is 0.201 e. The second-order valence-electron chi connectivity index (χ2n) is 4.12. The molecule has 0 spiro atoms. The van der Waals surface area contributed by atoms with Crippen molar-refractivity contribution in [3.63, 3.8) is 0 Å². The van der Waals surface area contributed by atoms with Gasteiger partial charge in [0.05, 0.1) is 10.9 Å². The molecule has 2 aromatic heterocycles. The zero-order valence-electron chi connectivity index (χ0n) is 10.4. The third kappa shape index (κ3) is 2.16. The van der Waals surface area contributed by atoms with Gasteiger partial charge in [0.25, 0.3) is 0 Å². The number of nitrogens with zero attached hydrogens (tertiary/aromatic N) is 2. The van der Waals surface area contributed by atoms with Crippen LogP contribution in [0, 0.1) is 0 Å². The molecule has 20 heavy (non-hydrogen) atoms. The predicted molar refractivity (Wildman–Crippen MR) is 75.6 cm³/mol. The van der Waals surface area contributed by atoms with E-state index in [1.807, 2.05) is 0 Å². The highest BCUT2D eigenvalue weighted by molar-refractivity contribution is 5.87. The van der Waals surface area contributed by atoms with Crippen LogP contribution in [0.3, 0.4) is 0 Å². The van der Waals surface area contributed by atoms with E-state index in [-0.39, 0.29) is 17.0 Å². The number of fused-ring (bicyclic) bond motifs is 1. The van der Waals surface area contributed by atoms with Gasteiger partial charge in [-0.05, 0) is 24.3 Å². The normalized spacial score (nSPS) is 11.2. The van der Waals surface area contributed by atoms with Gasteiger partial charge < -0.3 is 9.52 Å². The molecule has 2 heterocycles. The highest BCUT2D eigenvalue weighted by Gasteiger charge is 2.05. The summed E-state index contributed by atoms with van der Waals surface area (Å²) in [6.07, 6.45) is 4.18. The maximum atomic E-state index is 12.2. The molecular weight excluding hydrogens is 256 g/mol. The predicted octanol–water partition coefficient (Wildman–Crippen LogP) is 2.64. The fourth-order valence-corrected chi connectivity index (χ4v) is 1.80. The molecule has 0 amide bonds. The highest BCUT2D eigenvalue weighted by atomic mass is 16.3. The van der Waals surface area contributed by atoms with Gasteiger partial charge in [-0.3, -0.25) is 4.79 Å². The number of pyridine rings is 1. The minimum absolute atomic E-state index is 0.0473. The van der Waals surface area contributed by atoms with Gasteiger partial charge in [-0.1, -0.05) is 12.1 Å². The SMILES string of the molecule is O=c1c(/C=N/c2ncccc2O)coc2ccccc12. The molecule has 0 atom stereocenters. The van der Waals surface area contributed by atoms with E-state index in [0.29, 0.717) is 16.5 Å². The van der Waals surface area contributed by atoms with Crippen LogP contribution >= 0.6 is 0 Å². The van der Waals surface area contributed by atoms with E-state index < -0.39 is 0 Å². The van der Waals surface area contributed by atoms with Crippen LogP contribution in [0.1, 0.15) is 5.56 Å². The van der Waals surface area contributed by atoms with Crippen LogP contribution in [0.2, 0.25) is 0 Å². The molecule has 0 saturated carbocycles. The standard InChI is InChI=1S/C15H10N2O3/c18-12-5-3-7-16-15(12)17-8-10-9-20-13-6-2-1-4-11(13)14(10)19/h1-9,18H/b17-8+. The summed E-state index contributed by atoms with van der Waals surface area (Å²) >= 11 is 0. The molecule has 1 N–H and O–H groups in total. The first-order valence-electron chi connectivity index (χ1n) is 5.94. The van der Waals surface area contributed by atoms with Gasteiger partial charge in [0, 0.05) is 12.4 Å². The quantitative estimate of drug-likeness (QED) is 0.723. The molecule has 3 rings (SSSR count). The van der Waals surface area contributed by atoms with Crippen molar-refractivity contribution in [2.75, 3.05) is 0 Å². The molecule has 0 aliphatic heterocycles. The third-order valence-corrected chi connectivity index (χ3v) is 2.80. The van der Waals surface area contributed by atoms with E-state index in [1.165, 1.54) is 24.7 Å². The minimum Gasteiger partial charge on any atom is -0.504 e. The van der Waals surface area contributed by atoms with Gasteiger partial charge in [-0.25, -0.2) is 9.98 Å². The van der Waals surface area contributed by atoms with Crippen molar-refractivity contribution in [2.24, 2.45) is 4.99 Å². The van der Waals surface area contributed by atoms with E-state index in [9.17, 15) is 9.90 Å². The van der Waals surface area contributed by atoms with E-state index in [2.05, 4.69) is 9.98 Å². The van der Waals surface area contributed by atoms with E-state index >= 15 is 0 Å². The summed E-state index contributed by atoms with van der Waals surface area (Å²) in [5, 5.41) is 10.0.